The molecule has 2 radical (unpaired) electrons. The van der Waals surface area contributed by atoms with Gasteiger partial charge in [0.05, 0.1) is 0 Å². The Bertz CT molecular complexity index is 71.5. The molecule has 0 aliphatic carbocycles. The average Bonchev–Trinajstić information content (AvgIpc) is 1.36. The maximum absolute atomic E-state index is 8.93. The summed E-state index contributed by atoms with van der Waals surface area (Å²) in [6, 6.07) is 0. The van der Waals surface area contributed by atoms with E-state index in [1.54, 1.807) is 0 Å². The topological polar surface area (TPSA) is 73.9 Å². The highest BCUT2D eigenvalue weighted by Crippen LogP contribution is 1.59. The molecule has 32 valence electrons. The predicted molar refractivity (Wildman–Crippen MR) is 11.4 cm³/mol. The van der Waals surface area contributed by atoms with Gasteiger partial charge < -0.3 is 0 Å². The van der Waals surface area contributed by atoms with Crippen molar-refractivity contribution in [2.75, 3.05) is 0 Å². The van der Waals surface area contributed by atoms with Gasteiger partial charge in [-0.3, -0.25) is 0 Å². The van der Waals surface area contributed by atoms with Crippen LogP contribution in [0.3, 0.4) is 0 Å². The van der Waals surface area contributed by atoms with Gasteiger partial charge in [0.2, 0.25) is 0 Å². The molecule has 0 amide bonds. The Hall–Kier alpha value is -1.06. The molecule has 0 bridgehead atoms. The first kappa shape index (κ1) is 4.94. The Morgan fingerprint density at radius 1 is 0.833 bits per heavy atom. The van der Waals surface area contributed by atoms with Crippen LogP contribution in [0.2, 0.25) is 0 Å². The van der Waals surface area contributed by atoms with Crippen LogP contribution in [0.4, 0.5) is 0 Å². The zero-order valence-corrected chi connectivity index (χ0v) is 2.63. The van der Waals surface area contributed by atoms with E-state index in [2.05, 4.69) is 0 Å². The van der Waals surface area contributed by atoms with Crippen molar-refractivity contribution in [1.29, 1.82) is 0 Å². The van der Waals surface area contributed by atoms with Crippen molar-refractivity contribution in [3.05, 3.63) is 0 Å². The minimum Gasteiger partial charge on any atom is -0.233 e. The zero-order chi connectivity index (χ0) is 5.15. The predicted octanol–water partition coefficient (Wildman–Crippen LogP) is -1.10. The third kappa shape index (κ3) is 1.28. The fourth-order valence-electron chi connectivity index (χ4n) is 0. The highest BCUT2D eigenvalue weighted by atomic mass is 16.4. The normalized spacial score (nSPS) is 7.33. The number of carbonyl (C=O) groups is 2. The van der Waals surface area contributed by atoms with E-state index in [0.29, 0.717) is 0 Å². The Labute approximate surface area is 33.0 Å². The molecule has 4 nitrogen and oxygen atoms in total. The van der Waals surface area contributed by atoms with Crippen LogP contribution >= 0.6 is 0 Å². The lowest BCUT2D eigenvalue weighted by atomic mass is 10.7. The van der Waals surface area contributed by atoms with Crippen LogP contribution in [0.15, 0.2) is 0 Å². The van der Waals surface area contributed by atoms with Crippen LogP contribution in [0.1, 0.15) is 0 Å². The van der Waals surface area contributed by atoms with Crippen molar-refractivity contribution in [2.24, 2.45) is 0 Å². The van der Waals surface area contributed by atoms with Crippen LogP contribution in [0.25, 0.3) is 0 Å². The summed E-state index contributed by atoms with van der Waals surface area (Å²) in [6.45, 7) is 0. The van der Waals surface area contributed by atoms with Gasteiger partial charge in [-0.15, -0.1) is 0 Å². The van der Waals surface area contributed by atoms with E-state index >= 15 is 0 Å². The molecule has 6 heavy (non-hydrogen) atoms. The van der Waals surface area contributed by atoms with Gasteiger partial charge in [0.15, 0.2) is 0 Å². The molecule has 0 unspecified atom stereocenters. The second kappa shape index (κ2) is 1.40. The van der Waals surface area contributed by atoms with E-state index in [4.69, 9.17) is 19.8 Å². The molecular weight excluding hydrogens is 88.0 g/mol. The second-order valence-electron chi connectivity index (χ2n) is 0.575. The van der Waals surface area contributed by atoms with Gasteiger partial charge in [-0.25, -0.2) is 19.8 Å². The van der Waals surface area contributed by atoms with Gasteiger partial charge in [-0.1, -0.05) is 0 Å². The molecule has 0 aromatic heterocycles. The third-order valence-electron chi connectivity index (χ3n) is 0.167. The van der Waals surface area contributed by atoms with E-state index in [-0.39, 0.29) is 0 Å². The number of carbonyl (C=O) groups excluding carboxylic acids is 2. The molecule has 0 atom stereocenters. The quantitative estimate of drug-likeness (QED) is 0.352. The summed E-state index contributed by atoms with van der Waals surface area (Å²) < 4.78 is 0. The lowest BCUT2D eigenvalue weighted by Gasteiger charge is -1.62. The SMILES string of the molecule is [O]C(=O)C([O])=O. The van der Waals surface area contributed by atoms with Gasteiger partial charge in [-0.05, 0) is 0 Å². The Morgan fingerprint density at radius 2 is 1.00 bits per heavy atom. The van der Waals surface area contributed by atoms with Crippen molar-refractivity contribution in [3.63, 3.8) is 0 Å². The van der Waals surface area contributed by atoms with Crippen LogP contribution in [0, 0.1) is 0 Å². The van der Waals surface area contributed by atoms with Gasteiger partial charge in [0, 0.05) is 0 Å². The molecule has 0 aromatic carbocycles. The monoisotopic (exact) mass is 88.0 g/mol. The first-order valence-electron chi connectivity index (χ1n) is 1.07. The van der Waals surface area contributed by atoms with E-state index in [1.807, 2.05) is 0 Å². The van der Waals surface area contributed by atoms with Gasteiger partial charge in [0.25, 0.3) is 0 Å². The molecule has 0 saturated carbocycles. The molecule has 0 heterocycles. The lowest BCUT2D eigenvalue weighted by Crippen LogP contribution is -2.06. The second-order valence-corrected chi connectivity index (χ2v) is 0.575. The number of hydrogen-bond donors (Lipinski definition) is 0. The highest BCUT2D eigenvalue weighted by molar-refractivity contribution is 6.27. The number of rotatable bonds is 0. The molecule has 0 fully saturated rings. The summed E-state index contributed by atoms with van der Waals surface area (Å²) in [7, 11) is 0. The van der Waals surface area contributed by atoms with Crippen molar-refractivity contribution < 1.29 is 19.8 Å². The van der Waals surface area contributed by atoms with E-state index in [0.717, 1.165) is 0 Å². The van der Waals surface area contributed by atoms with Crippen LogP contribution in [-0.4, -0.2) is 11.9 Å². The molecule has 4 heteroatoms. The molecule has 0 rings (SSSR count). The van der Waals surface area contributed by atoms with Crippen molar-refractivity contribution >= 4 is 11.9 Å². The summed E-state index contributed by atoms with van der Waals surface area (Å²) in [6.07, 6.45) is 0. The molecule has 0 saturated heterocycles. The van der Waals surface area contributed by atoms with E-state index in [9.17, 15) is 0 Å². The fourth-order valence-corrected chi connectivity index (χ4v) is 0. The summed E-state index contributed by atoms with van der Waals surface area (Å²) in [4.78, 5) is 17.9. The van der Waals surface area contributed by atoms with Crippen molar-refractivity contribution in [3.8, 4) is 0 Å². The Morgan fingerprint density at radius 3 is 1.00 bits per heavy atom. The van der Waals surface area contributed by atoms with E-state index in [1.165, 1.54) is 0 Å². The average molecular weight is 88.0 g/mol. The maximum Gasteiger partial charge on any atom is 0.467 e. The minimum absolute atomic E-state index is 2.19. The molecule has 0 spiro atoms. The fraction of sp³-hybridized carbons (Fsp3) is 0. The molecule has 0 N–H and O–H groups in total. The van der Waals surface area contributed by atoms with Crippen molar-refractivity contribution in [2.45, 2.75) is 0 Å². The standard InChI is InChI=1S/C2O4/c3-1(4)2(5)6. The Balaban J connectivity index is 3.57. The number of hydrogen-bond acceptors (Lipinski definition) is 2. The van der Waals surface area contributed by atoms with Gasteiger partial charge >= 0.3 is 11.9 Å². The summed E-state index contributed by atoms with van der Waals surface area (Å²) in [5.74, 6) is -4.37. The highest BCUT2D eigenvalue weighted by Gasteiger charge is 2.11. The molecule has 0 aliphatic heterocycles. The van der Waals surface area contributed by atoms with Crippen LogP contribution < -0.4 is 0 Å². The molecule has 0 aromatic rings. The van der Waals surface area contributed by atoms with Gasteiger partial charge in [-0.2, -0.15) is 0 Å². The first-order valence-corrected chi connectivity index (χ1v) is 1.07. The van der Waals surface area contributed by atoms with Crippen molar-refractivity contribution in [1.82, 2.24) is 0 Å². The zero-order valence-electron chi connectivity index (χ0n) is 2.63. The smallest absolute Gasteiger partial charge is 0.233 e. The van der Waals surface area contributed by atoms with Gasteiger partial charge in [0.1, 0.15) is 0 Å². The van der Waals surface area contributed by atoms with E-state index < -0.39 is 11.9 Å². The lowest BCUT2D eigenvalue weighted by molar-refractivity contribution is -0.167. The third-order valence-corrected chi connectivity index (χ3v) is 0.167. The largest absolute Gasteiger partial charge is 0.467 e. The maximum atomic E-state index is 8.93. The molecular formula is C2O4. The Kier molecular flexibility index (Phi) is 1.15. The first-order chi connectivity index (χ1) is 2.64. The summed E-state index contributed by atoms with van der Waals surface area (Å²) in [5, 5.41) is 17.9. The molecule has 0 aliphatic rings. The minimum atomic E-state index is -2.19. The summed E-state index contributed by atoms with van der Waals surface area (Å²) >= 11 is 0. The van der Waals surface area contributed by atoms with Crippen LogP contribution in [-0.2, 0) is 19.8 Å². The summed E-state index contributed by atoms with van der Waals surface area (Å²) in [5.41, 5.74) is 0. The van der Waals surface area contributed by atoms with Crippen LogP contribution in [0.5, 0.6) is 0 Å².